The summed E-state index contributed by atoms with van der Waals surface area (Å²) in [4.78, 5) is 0. The molecule has 0 unspecified atom stereocenters. The SMILES string of the molecule is C1#CNCCN1. The second-order valence-electron chi connectivity index (χ2n) is 1.10. The van der Waals surface area contributed by atoms with Gasteiger partial charge in [0.15, 0.2) is 0 Å². The summed E-state index contributed by atoms with van der Waals surface area (Å²) in [7, 11) is 0. The van der Waals surface area contributed by atoms with Crippen LogP contribution in [0.2, 0.25) is 0 Å². The molecule has 2 heteroatoms. The Morgan fingerprint density at radius 3 is 1.67 bits per heavy atom. The highest BCUT2D eigenvalue weighted by Gasteiger charge is 1.81. The van der Waals surface area contributed by atoms with Crippen LogP contribution in [0.4, 0.5) is 0 Å². The molecular formula is C4H6N2. The van der Waals surface area contributed by atoms with Crippen molar-refractivity contribution >= 4 is 0 Å². The van der Waals surface area contributed by atoms with E-state index in [0.29, 0.717) is 0 Å². The molecule has 32 valence electrons. The van der Waals surface area contributed by atoms with Crippen LogP contribution in [-0.2, 0) is 0 Å². The fourth-order valence-corrected chi connectivity index (χ4v) is 0.338. The Bertz CT molecular complexity index is 77.5. The highest BCUT2D eigenvalue weighted by Crippen LogP contribution is 1.58. The lowest BCUT2D eigenvalue weighted by Gasteiger charge is -2.00. The Labute approximate surface area is 36.9 Å². The van der Waals surface area contributed by atoms with E-state index in [0.717, 1.165) is 13.1 Å². The van der Waals surface area contributed by atoms with E-state index in [1.54, 1.807) is 0 Å². The zero-order chi connectivity index (χ0) is 4.24. The Morgan fingerprint density at radius 2 is 1.50 bits per heavy atom. The van der Waals surface area contributed by atoms with Crippen LogP contribution in [0, 0.1) is 12.1 Å². The quantitative estimate of drug-likeness (QED) is 0.370. The monoisotopic (exact) mass is 82.1 g/mol. The topological polar surface area (TPSA) is 24.1 Å². The maximum atomic E-state index is 2.86. The summed E-state index contributed by atoms with van der Waals surface area (Å²) in [5.74, 6) is 0. The average molecular weight is 82.1 g/mol. The molecule has 0 saturated heterocycles. The average Bonchev–Trinajstić information content (AvgIpc) is 1.72. The molecular weight excluding hydrogens is 76.1 g/mol. The molecule has 2 N–H and O–H groups in total. The maximum absolute atomic E-state index is 2.86. The first-order valence-corrected chi connectivity index (χ1v) is 1.96. The minimum Gasteiger partial charge on any atom is -0.343 e. The van der Waals surface area contributed by atoms with Crippen LogP contribution in [0.3, 0.4) is 0 Å². The zero-order valence-electron chi connectivity index (χ0n) is 3.41. The maximum Gasteiger partial charge on any atom is 0.0410 e. The lowest BCUT2D eigenvalue weighted by Crippen LogP contribution is -2.25. The van der Waals surface area contributed by atoms with Gasteiger partial charge in [0.25, 0.3) is 0 Å². The summed E-state index contributed by atoms with van der Waals surface area (Å²) in [5, 5.41) is 5.72. The Hall–Kier alpha value is -0.840. The standard InChI is InChI=1S/C4H6N2/c1-2-6-4-3-5-1/h5-6H,1-2H2. The van der Waals surface area contributed by atoms with Gasteiger partial charge in [-0.05, 0) is 0 Å². The van der Waals surface area contributed by atoms with Gasteiger partial charge in [-0.15, -0.1) is 0 Å². The normalized spacial score (nSPS) is 16.0. The molecule has 6 heavy (non-hydrogen) atoms. The van der Waals surface area contributed by atoms with E-state index in [4.69, 9.17) is 0 Å². The lowest BCUT2D eigenvalue weighted by atomic mass is 10.6. The molecule has 0 aliphatic carbocycles. The van der Waals surface area contributed by atoms with Gasteiger partial charge in [-0.3, -0.25) is 0 Å². The van der Waals surface area contributed by atoms with Gasteiger partial charge >= 0.3 is 0 Å². The van der Waals surface area contributed by atoms with Crippen molar-refractivity contribution in [1.82, 2.24) is 10.6 Å². The molecule has 0 amide bonds. The third kappa shape index (κ3) is 0.554. The third-order valence-electron chi connectivity index (χ3n) is 0.614. The van der Waals surface area contributed by atoms with E-state index in [-0.39, 0.29) is 0 Å². The van der Waals surface area contributed by atoms with Crippen molar-refractivity contribution in [2.75, 3.05) is 13.1 Å². The number of hydrogen-bond acceptors (Lipinski definition) is 2. The van der Waals surface area contributed by atoms with Crippen molar-refractivity contribution < 1.29 is 0 Å². The Morgan fingerprint density at radius 1 is 1.00 bits per heavy atom. The molecule has 0 spiro atoms. The summed E-state index contributed by atoms with van der Waals surface area (Å²) < 4.78 is 0. The first-order valence-electron chi connectivity index (χ1n) is 1.96. The summed E-state index contributed by atoms with van der Waals surface area (Å²) in [6.45, 7) is 1.93. The minimum absolute atomic E-state index is 0.965. The number of rotatable bonds is 0. The van der Waals surface area contributed by atoms with E-state index in [9.17, 15) is 0 Å². The lowest BCUT2D eigenvalue weighted by molar-refractivity contribution is 0.767. The first-order chi connectivity index (χ1) is 3.00. The highest BCUT2D eigenvalue weighted by molar-refractivity contribution is 4.97. The van der Waals surface area contributed by atoms with E-state index < -0.39 is 0 Å². The molecule has 1 rings (SSSR count). The fraction of sp³-hybridized carbons (Fsp3) is 0.500. The van der Waals surface area contributed by atoms with Crippen LogP contribution in [0.15, 0.2) is 0 Å². The smallest absolute Gasteiger partial charge is 0.0410 e. The molecule has 0 fully saturated rings. The van der Waals surface area contributed by atoms with Gasteiger partial charge in [0.1, 0.15) is 0 Å². The Kier molecular flexibility index (Phi) is 0.872. The van der Waals surface area contributed by atoms with Gasteiger partial charge in [0.2, 0.25) is 0 Å². The van der Waals surface area contributed by atoms with Gasteiger partial charge < -0.3 is 10.6 Å². The third-order valence-corrected chi connectivity index (χ3v) is 0.614. The predicted molar refractivity (Wildman–Crippen MR) is 23.8 cm³/mol. The van der Waals surface area contributed by atoms with Crippen LogP contribution in [0.1, 0.15) is 0 Å². The molecule has 1 aliphatic rings. The molecule has 0 aromatic rings. The summed E-state index contributed by atoms with van der Waals surface area (Å²) in [5.41, 5.74) is 0. The molecule has 0 bridgehead atoms. The van der Waals surface area contributed by atoms with Crippen molar-refractivity contribution in [2.24, 2.45) is 0 Å². The van der Waals surface area contributed by atoms with Gasteiger partial charge in [0, 0.05) is 25.2 Å². The van der Waals surface area contributed by atoms with Gasteiger partial charge in [-0.25, -0.2) is 0 Å². The van der Waals surface area contributed by atoms with Gasteiger partial charge in [0.05, 0.1) is 0 Å². The van der Waals surface area contributed by atoms with Gasteiger partial charge in [-0.1, -0.05) is 0 Å². The number of nitrogens with one attached hydrogen (secondary N) is 2. The van der Waals surface area contributed by atoms with Crippen LogP contribution in [-0.4, -0.2) is 13.1 Å². The molecule has 0 aromatic carbocycles. The summed E-state index contributed by atoms with van der Waals surface area (Å²) >= 11 is 0. The van der Waals surface area contributed by atoms with Crippen molar-refractivity contribution in [3.05, 3.63) is 0 Å². The molecule has 2 nitrogen and oxygen atoms in total. The van der Waals surface area contributed by atoms with Gasteiger partial charge in [-0.2, -0.15) is 0 Å². The van der Waals surface area contributed by atoms with Crippen LogP contribution in [0.5, 0.6) is 0 Å². The highest BCUT2D eigenvalue weighted by atomic mass is 14.9. The van der Waals surface area contributed by atoms with Crippen molar-refractivity contribution in [3.63, 3.8) is 0 Å². The van der Waals surface area contributed by atoms with E-state index in [1.807, 2.05) is 0 Å². The second-order valence-corrected chi connectivity index (χ2v) is 1.10. The molecule has 1 heterocycles. The van der Waals surface area contributed by atoms with Crippen molar-refractivity contribution in [2.45, 2.75) is 0 Å². The van der Waals surface area contributed by atoms with Crippen molar-refractivity contribution in [1.29, 1.82) is 0 Å². The molecule has 1 aliphatic heterocycles. The number of hydrogen-bond donors (Lipinski definition) is 2. The van der Waals surface area contributed by atoms with E-state index in [1.165, 1.54) is 0 Å². The van der Waals surface area contributed by atoms with Crippen molar-refractivity contribution in [3.8, 4) is 12.1 Å². The van der Waals surface area contributed by atoms with E-state index >= 15 is 0 Å². The second kappa shape index (κ2) is 1.56. The molecule has 0 aromatic heterocycles. The summed E-state index contributed by atoms with van der Waals surface area (Å²) in [6, 6.07) is 5.35. The van der Waals surface area contributed by atoms with Crippen LogP contribution < -0.4 is 10.6 Å². The minimum atomic E-state index is 0.965. The fourth-order valence-electron chi connectivity index (χ4n) is 0.338. The largest absolute Gasteiger partial charge is 0.343 e. The molecule has 0 saturated carbocycles. The first kappa shape index (κ1) is 3.35. The molecule has 0 atom stereocenters. The van der Waals surface area contributed by atoms with Crippen LogP contribution in [0.25, 0.3) is 0 Å². The van der Waals surface area contributed by atoms with Crippen LogP contribution >= 0.6 is 0 Å². The Balaban J connectivity index is 2.36. The molecule has 0 radical (unpaired) electrons. The predicted octanol–water partition coefficient (Wildman–Crippen LogP) is -0.902. The zero-order valence-corrected chi connectivity index (χ0v) is 3.41. The summed E-state index contributed by atoms with van der Waals surface area (Å²) in [6.07, 6.45) is 0. The van der Waals surface area contributed by atoms with E-state index in [2.05, 4.69) is 22.7 Å².